The molecule has 2 rings (SSSR count). The lowest BCUT2D eigenvalue weighted by atomic mass is 10.1. The summed E-state index contributed by atoms with van der Waals surface area (Å²) >= 11 is 6.22. The monoisotopic (exact) mass is 677 g/mol. The van der Waals surface area contributed by atoms with Crippen LogP contribution in [0.15, 0.2) is 36.4 Å². The number of hydrogen-bond donors (Lipinski definition) is 2. The molecule has 5 nitrogen and oxygen atoms in total. The van der Waals surface area contributed by atoms with Gasteiger partial charge in [-0.05, 0) is 80.8 Å². The number of carbonyl (C=O) groups excluding carboxylic acids is 1. The van der Waals surface area contributed by atoms with Gasteiger partial charge in [-0.3, -0.25) is 4.79 Å². The van der Waals surface area contributed by atoms with Gasteiger partial charge in [0.1, 0.15) is 5.75 Å². The van der Waals surface area contributed by atoms with E-state index in [2.05, 4.69) is 50.5 Å². The standard InChI is InChI=1S/C17H14I3NO4/c1-2-21-16(22)12-10(18)8-11(19)15(13(12)20)25-14(17(23)24)9-6-4-3-5-7-9/h3-8,14H,2H2,1H3,(H,21,22)(H,23,24). The minimum Gasteiger partial charge on any atom is -0.478 e. The molecule has 2 aromatic carbocycles. The van der Waals surface area contributed by atoms with E-state index in [0.717, 1.165) is 7.14 Å². The predicted octanol–water partition coefficient (Wildman–Crippen LogP) is 4.45. The molecular formula is C17H14I3NO4. The van der Waals surface area contributed by atoms with Gasteiger partial charge in [-0.2, -0.15) is 0 Å². The third-order valence-corrected chi connectivity index (χ3v) is 5.94. The molecule has 132 valence electrons. The Bertz CT molecular complexity index is 796. The van der Waals surface area contributed by atoms with Gasteiger partial charge in [-0.1, -0.05) is 30.3 Å². The summed E-state index contributed by atoms with van der Waals surface area (Å²) in [6.45, 7) is 2.35. The maximum Gasteiger partial charge on any atom is 0.349 e. The molecule has 1 atom stereocenters. The Morgan fingerprint density at radius 1 is 1.16 bits per heavy atom. The fourth-order valence-corrected chi connectivity index (χ4v) is 6.26. The minimum absolute atomic E-state index is 0.205. The number of benzene rings is 2. The fraction of sp³-hybridized carbons (Fsp3) is 0.176. The van der Waals surface area contributed by atoms with Crippen LogP contribution in [0.4, 0.5) is 0 Å². The normalized spacial score (nSPS) is 11.7. The fourth-order valence-electron chi connectivity index (χ4n) is 2.14. The quantitative estimate of drug-likeness (QED) is 0.444. The van der Waals surface area contributed by atoms with Crippen molar-refractivity contribution < 1.29 is 19.4 Å². The molecule has 1 unspecified atom stereocenters. The van der Waals surface area contributed by atoms with Gasteiger partial charge in [-0.25, -0.2) is 4.79 Å². The van der Waals surface area contributed by atoms with E-state index in [4.69, 9.17) is 4.74 Å². The molecule has 0 radical (unpaired) electrons. The SMILES string of the molecule is CCNC(=O)c1c(I)cc(I)c(OC(C(=O)O)c2ccccc2)c1I. The number of amides is 1. The summed E-state index contributed by atoms with van der Waals surface area (Å²) in [6.07, 6.45) is -1.15. The van der Waals surface area contributed by atoms with Crippen LogP contribution in [0.3, 0.4) is 0 Å². The first-order valence-electron chi connectivity index (χ1n) is 7.26. The Morgan fingerprint density at radius 2 is 1.80 bits per heavy atom. The van der Waals surface area contributed by atoms with Crippen LogP contribution < -0.4 is 10.1 Å². The topological polar surface area (TPSA) is 75.6 Å². The highest BCUT2D eigenvalue weighted by atomic mass is 127. The first kappa shape index (κ1) is 20.7. The van der Waals surface area contributed by atoms with Crippen LogP contribution in [-0.2, 0) is 4.79 Å². The molecule has 0 fully saturated rings. The van der Waals surface area contributed by atoms with Gasteiger partial charge in [0.15, 0.2) is 0 Å². The number of ether oxygens (including phenoxy) is 1. The maximum atomic E-state index is 12.3. The summed E-state index contributed by atoms with van der Waals surface area (Å²) in [6, 6.07) is 10.6. The van der Waals surface area contributed by atoms with Gasteiger partial charge in [-0.15, -0.1) is 0 Å². The molecule has 2 N–H and O–H groups in total. The Morgan fingerprint density at radius 3 is 2.36 bits per heavy atom. The van der Waals surface area contributed by atoms with Crippen LogP contribution in [0.5, 0.6) is 5.75 Å². The van der Waals surface area contributed by atoms with Crippen molar-refractivity contribution in [2.24, 2.45) is 0 Å². The van der Waals surface area contributed by atoms with Crippen molar-refractivity contribution in [1.29, 1.82) is 0 Å². The first-order valence-corrected chi connectivity index (χ1v) is 10.5. The first-order chi connectivity index (χ1) is 11.9. The molecule has 0 saturated heterocycles. The van der Waals surface area contributed by atoms with Gasteiger partial charge in [0.25, 0.3) is 5.91 Å². The lowest BCUT2D eigenvalue weighted by molar-refractivity contribution is -0.145. The number of carbonyl (C=O) groups is 2. The maximum absolute atomic E-state index is 12.3. The second-order valence-corrected chi connectivity index (χ2v) is 8.37. The van der Waals surface area contributed by atoms with E-state index in [1.165, 1.54) is 0 Å². The van der Waals surface area contributed by atoms with Crippen molar-refractivity contribution >= 4 is 79.6 Å². The summed E-state index contributed by atoms with van der Waals surface area (Å²) < 4.78 is 7.99. The number of halogens is 3. The highest BCUT2D eigenvalue weighted by Crippen LogP contribution is 2.36. The summed E-state index contributed by atoms with van der Waals surface area (Å²) in [5.41, 5.74) is 1.04. The van der Waals surface area contributed by atoms with Gasteiger partial charge >= 0.3 is 5.97 Å². The Kier molecular flexibility index (Phi) is 7.73. The van der Waals surface area contributed by atoms with Gasteiger partial charge in [0.2, 0.25) is 6.10 Å². The van der Waals surface area contributed by atoms with Gasteiger partial charge in [0.05, 0.1) is 12.7 Å². The number of aliphatic carboxylic acids is 1. The molecular weight excluding hydrogens is 663 g/mol. The average Bonchev–Trinajstić information content (AvgIpc) is 2.55. The molecule has 25 heavy (non-hydrogen) atoms. The summed E-state index contributed by atoms with van der Waals surface area (Å²) in [7, 11) is 0. The van der Waals surface area contributed by atoms with E-state index < -0.39 is 12.1 Å². The van der Waals surface area contributed by atoms with Crippen LogP contribution in [0, 0.1) is 10.7 Å². The number of carboxylic acid groups (broad SMARTS) is 1. The zero-order chi connectivity index (χ0) is 18.6. The summed E-state index contributed by atoms with van der Waals surface area (Å²) in [5, 5.41) is 12.4. The molecule has 1 amide bonds. The Hall–Kier alpha value is -0.630. The molecule has 0 saturated carbocycles. The van der Waals surface area contributed by atoms with Crippen LogP contribution in [-0.4, -0.2) is 23.5 Å². The zero-order valence-electron chi connectivity index (χ0n) is 13.1. The van der Waals surface area contributed by atoms with Crippen LogP contribution in [0.1, 0.15) is 28.9 Å². The molecule has 2 aromatic rings. The van der Waals surface area contributed by atoms with E-state index >= 15 is 0 Å². The molecule has 0 spiro atoms. The highest BCUT2D eigenvalue weighted by Gasteiger charge is 2.27. The van der Waals surface area contributed by atoms with Crippen molar-refractivity contribution in [3.8, 4) is 5.75 Å². The third kappa shape index (κ3) is 4.96. The van der Waals surface area contributed by atoms with E-state index in [-0.39, 0.29) is 5.91 Å². The molecule has 8 heteroatoms. The smallest absolute Gasteiger partial charge is 0.349 e. The Labute approximate surface area is 186 Å². The predicted molar refractivity (Wildman–Crippen MR) is 120 cm³/mol. The lowest BCUT2D eigenvalue weighted by Crippen LogP contribution is -2.26. The van der Waals surface area contributed by atoms with Crippen molar-refractivity contribution in [2.75, 3.05) is 6.54 Å². The largest absolute Gasteiger partial charge is 0.478 e. The molecule has 0 aliphatic heterocycles. The van der Waals surface area contributed by atoms with Crippen LogP contribution >= 0.6 is 67.8 Å². The third-order valence-electron chi connectivity index (χ3n) is 3.25. The van der Waals surface area contributed by atoms with E-state index in [1.54, 1.807) is 24.3 Å². The number of hydrogen-bond acceptors (Lipinski definition) is 3. The molecule has 0 aliphatic rings. The van der Waals surface area contributed by atoms with Crippen LogP contribution in [0.2, 0.25) is 0 Å². The van der Waals surface area contributed by atoms with E-state index in [1.807, 2.05) is 41.6 Å². The van der Waals surface area contributed by atoms with Crippen molar-refractivity contribution in [2.45, 2.75) is 13.0 Å². The van der Waals surface area contributed by atoms with E-state index in [0.29, 0.717) is 27.0 Å². The van der Waals surface area contributed by atoms with Crippen LogP contribution in [0.25, 0.3) is 0 Å². The Balaban J connectivity index is 2.49. The summed E-state index contributed by atoms with van der Waals surface area (Å²) in [5.74, 6) is -0.890. The molecule has 0 bridgehead atoms. The molecule has 0 heterocycles. The second kappa shape index (κ2) is 9.35. The molecule has 0 aromatic heterocycles. The summed E-state index contributed by atoms with van der Waals surface area (Å²) in [4.78, 5) is 24.0. The number of carboxylic acids is 1. The van der Waals surface area contributed by atoms with Crippen molar-refractivity contribution in [3.63, 3.8) is 0 Å². The van der Waals surface area contributed by atoms with Crippen molar-refractivity contribution in [3.05, 3.63) is 58.2 Å². The number of nitrogens with one attached hydrogen (secondary N) is 1. The van der Waals surface area contributed by atoms with E-state index in [9.17, 15) is 14.7 Å². The second-order valence-electron chi connectivity index (χ2n) is 4.96. The lowest BCUT2D eigenvalue weighted by Gasteiger charge is -2.20. The molecule has 0 aliphatic carbocycles. The minimum atomic E-state index is -1.15. The zero-order valence-corrected chi connectivity index (χ0v) is 19.5. The average molecular weight is 677 g/mol. The van der Waals surface area contributed by atoms with Gasteiger partial charge in [0, 0.05) is 15.7 Å². The van der Waals surface area contributed by atoms with Crippen molar-refractivity contribution in [1.82, 2.24) is 5.32 Å². The van der Waals surface area contributed by atoms with Gasteiger partial charge < -0.3 is 15.2 Å². The highest BCUT2D eigenvalue weighted by molar-refractivity contribution is 14.1. The number of rotatable bonds is 6.